The standard InChI is InChI=1S/C24H22N2O5S/c1-31-22-12-11-19(17-27)13-20(22)15-25-16-24(28)26(14-18-7-3-2-4-8-18)21-9-5-6-10-23(21)32(25,29)30/h2-13,17H,14-16H2,1H3. The summed E-state index contributed by atoms with van der Waals surface area (Å²) in [7, 11) is -2.52. The molecule has 0 atom stereocenters. The summed E-state index contributed by atoms with van der Waals surface area (Å²) in [5.74, 6) is 0.102. The first kappa shape index (κ1) is 21.7. The lowest BCUT2D eigenvalue weighted by Crippen LogP contribution is -2.38. The minimum absolute atomic E-state index is 0.0623. The van der Waals surface area contributed by atoms with Crippen LogP contribution in [0.2, 0.25) is 0 Å². The minimum Gasteiger partial charge on any atom is -0.496 e. The van der Waals surface area contributed by atoms with Crippen molar-refractivity contribution >= 4 is 27.9 Å². The number of anilines is 1. The third-order valence-corrected chi connectivity index (χ3v) is 7.20. The normalized spacial score (nSPS) is 15.7. The Morgan fingerprint density at radius 2 is 1.69 bits per heavy atom. The van der Waals surface area contributed by atoms with E-state index in [2.05, 4.69) is 0 Å². The van der Waals surface area contributed by atoms with Crippen LogP contribution in [0.25, 0.3) is 0 Å². The van der Waals surface area contributed by atoms with Crippen LogP contribution in [0.5, 0.6) is 5.75 Å². The molecule has 1 aliphatic rings. The van der Waals surface area contributed by atoms with Gasteiger partial charge in [-0.2, -0.15) is 4.31 Å². The smallest absolute Gasteiger partial charge is 0.245 e. The fraction of sp³-hybridized carbons (Fsp3) is 0.167. The number of nitrogens with zero attached hydrogens (tertiary/aromatic N) is 2. The maximum absolute atomic E-state index is 13.6. The van der Waals surface area contributed by atoms with Crippen LogP contribution < -0.4 is 9.64 Å². The Hall–Kier alpha value is -3.49. The Kier molecular flexibility index (Phi) is 6.07. The molecule has 0 bridgehead atoms. The van der Waals surface area contributed by atoms with Crippen LogP contribution in [0.4, 0.5) is 5.69 Å². The summed E-state index contributed by atoms with van der Waals surface area (Å²) in [6.07, 6.45) is 0.682. The van der Waals surface area contributed by atoms with Gasteiger partial charge in [0, 0.05) is 17.7 Å². The maximum atomic E-state index is 13.6. The predicted molar refractivity (Wildman–Crippen MR) is 120 cm³/mol. The quantitative estimate of drug-likeness (QED) is 0.539. The third-order valence-electron chi connectivity index (χ3n) is 5.36. The zero-order valence-electron chi connectivity index (χ0n) is 17.5. The second-order valence-electron chi connectivity index (χ2n) is 7.40. The number of carbonyl (C=O) groups is 2. The fourth-order valence-corrected chi connectivity index (χ4v) is 5.32. The highest BCUT2D eigenvalue weighted by atomic mass is 32.2. The fourth-order valence-electron chi connectivity index (χ4n) is 3.76. The van der Waals surface area contributed by atoms with Gasteiger partial charge in [-0.1, -0.05) is 42.5 Å². The predicted octanol–water partition coefficient (Wildman–Crippen LogP) is 3.25. The van der Waals surface area contributed by atoms with Crippen molar-refractivity contribution in [2.45, 2.75) is 18.0 Å². The summed E-state index contributed by atoms with van der Waals surface area (Å²) in [6, 6.07) is 20.7. The number of sulfonamides is 1. The zero-order chi connectivity index (χ0) is 22.7. The van der Waals surface area contributed by atoms with E-state index in [9.17, 15) is 18.0 Å². The molecule has 4 rings (SSSR count). The molecule has 0 fully saturated rings. The lowest BCUT2D eigenvalue weighted by molar-refractivity contribution is -0.119. The van der Waals surface area contributed by atoms with E-state index in [1.165, 1.54) is 18.1 Å². The molecule has 0 aliphatic carbocycles. The lowest BCUT2D eigenvalue weighted by atomic mass is 10.1. The molecule has 32 heavy (non-hydrogen) atoms. The van der Waals surface area contributed by atoms with E-state index in [0.717, 1.165) is 9.87 Å². The number of fused-ring (bicyclic) bond motifs is 1. The number of methoxy groups -OCH3 is 1. The van der Waals surface area contributed by atoms with Crippen molar-refractivity contribution in [3.8, 4) is 5.75 Å². The monoisotopic (exact) mass is 450 g/mol. The number of para-hydroxylation sites is 1. The third kappa shape index (κ3) is 4.15. The highest BCUT2D eigenvalue weighted by Gasteiger charge is 2.37. The number of hydrogen-bond acceptors (Lipinski definition) is 5. The maximum Gasteiger partial charge on any atom is 0.245 e. The summed E-state index contributed by atoms with van der Waals surface area (Å²) in [4.78, 5) is 26.1. The van der Waals surface area contributed by atoms with Gasteiger partial charge in [-0.05, 0) is 35.9 Å². The molecule has 0 spiro atoms. The van der Waals surface area contributed by atoms with Crippen molar-refractivity contribution in [3.05, 3.63) is 89.5 Å². The average Bonchev–Trinajstić information content (AvgIpc) is 2.89. The van der Waals surface area contributed by atoms with Gasteiger partial charge in [0.05, 0.1) is 25.9 Å². The van der Waals surface area contributed by atoms with Crippen molar-refractivity contribution in [2.75, 3.05) is 18.6 Å². The Balaban J connectivity index is 1.77. The van der Waals surface area contributed by atoms with Crippen LogP contribution in [0.15, 0.2) is 77.7 Å². The Bertz CT molecular complexity index is 1260. The number of carbonyl (C=O) groups excluding carboxylic acids is 2. The summed E-state index contributed by atoms with van der Waals surface area (Å²) >= 11 is 0. The largest absolute Gasteiger partial charge is 0.496 e. The molecular formula is C24H22N2O5S. The molecule has 0 saturated heterocycles. The van der Waals surface area contributed by atoms with Crippen molar-refractivity contribution < 1.29 is 22.7 Å². The van der Waals surface area contributed by atoms with Gasteiger partial charge in [0.1, 0.15) is 16.9 Å². The van der Waals surface area contributed by atoms with Crippen LogP contribution in [0, 0.1) is 0 Å². The van der Waals surface area contributed by atoms with Crippen molar-refractivity contribution in [1.82, 2.24) is 4.31 Å². The lowest BCUT2D eigenvalue weighted by Gasteiger charge is -2.22. The van der Waals surface area contributed by atoms with Gasteiger partial charge in [0.25, 0.3) is 0 Å². The van der Waals surface area contributed by atoms with Gasteiger partial charge in [-0.15, -0.1) is 0 Å². The van der Waals surface area contributed by atoms with Gasteiger partial charge in [-0.3, -0.25) is 9.59 Å². The molecular weight excluding hydrogens is 428 g/mol. The zero-order valence-corrected chi connectivity index (χ0v) is 18.3. The highest BCUT2D eigenvalue weighted by Crippen LogP contribution is 2.34. The van der Waals surface area contributed by atoms with Crippen LogP contribution >= 0.6 is 0 Å². The van der Waals surface area contributed by atoms with E-state index in [-0.39, 0.29) is 30.4 Å². The second-order valence-corrected chi connectivity index (χ2v) is 9.30. The molecule has 3 aromatic rings. The van der Waals surface area contributed by atoms with Crippen LogP contribution in [0.1, 0.15) is 21.5 Å². The summed E-state index contributed by atoms with van der Waals surface area (Å²) in [5, 5.41) is 0. The van der Waals surface area contributed by atoms with E-state index < -0.39 is 10.0 Å². The van der Waals surface area contributed by atoms with Gasteiger partial charge < -0.3 is 9.64 Å². The van der Waals surface area contributed by atoms with Gasteiger partial charge in [0.2, 0.25) is 15.9 Å². The van der Waals surface area contributed by atoms with E-state index in [1.807, 2.05) is 30.3 Å². The molecule has 0 unspecified atom stereocenters. The number of hydrogen-bond donors (Lipinski definition) is 0. The van der Waals surface area contributed by atoms with E-state index in [1.54, 1.807) is 36.4 Å². The molecule has 1 aliphatic heterocycles. The Morgan fingerprint density at radius 1 is 0.969 bits per heavy atom. The number of amides is 1. The number of benzene rings is 3. The van der Waals surface area contributed by atoms with Crippen LogP contribution in [-0.2, 0) is 27.9 Å². The first-order valence-electron chi connectivity index (χ1n) is 9.99. The topological polar surface area (TPSA) is 84.0 Å². The SMILES string of the molecule is COc1ccc(C=O)cc1CN1CC(=O)N(Cc2ccccc2)c2ccccc2S1(=O)=O. The first-order valence-corrected chi connectivity index (χ1v) is 11.4. The molecule has 8 heteroatoms. The van der Waals surface area contributed by atoms with Crippen LogP contribution in [-0.4, -0.2) is 38.6 Å². The summed E-state index contributed by atoms with van der Waals surface area (Å²) < 4.78 is 33.6. The van der Waals surface area contributed by atoms with Crippen molar-refractivity contribution in [1.29, 1.82) is 0 Å². The molecule has 1 amide bonds. The molecule has 3 aromatic carbocycles. The second kappa shape index (κ2) is 8.94. The van der Waals surface area contributed by atoms with Gasteiger partial charge in [-0.25, -0.2) is 8.42 Å². The molecule has 0 saturated carbocycles. The molecule has 0 radical (unpaired) electrons. The molecule has 7 nitrogen and oxygen atoms in total. The van der Waals surface area contributed by atoms with Gasteiger partial charge in [0.15, 0.2) is 0 Å². The van der Waals surface area contributed by atoms with E-state index in [4.69, 9.17) is 4.74 Å². The average molecular weight is 451 g/mol. The van der Waals surface area contributed by atoms with Crippen molar-refractivity contribution in [2.24, 2.45) is 0 Å². The molecule has 164 valence electrons. The summed E-state index contributed by atoms with van der Waals surface area (Å²) in [5.41, 5.74) is 2.13. The molecule has 1 heterocycles. The van der Waals surface area contributed by atoms with Gasteiger partial charge >= 0.3 is 0 Å². The van der Waals surface area contributed by atoms with Crippen LogP contribution in [0.3, 0.4) is 0 Å². The minimum atomic E-state index is -3.99. The summed E-state index contributed by atoms with van der Waals surface area (Å²) in [6.45, 7) is -0.186. The highest BCUT2D eigenvalue weighted by molar-refractivity contribution is 7.89. The molecule has 0 aromatic heterocycles. The van der Waals surface area contributed by atoms with E-state index >= 15 is 0 Å². The van der Waals surface area contributed by atoms with Crippen molar-refractivity contribution in [3.63, 3.8) is 0 Å². The number of ether oxygens (including phenoxy) is 1. The molecule has 0 N–H and O–H groups in total. The Labute approximate surface area is 186 Å². The first-order chi connectivity index (χ1) is 15.4. The number of rotatable bonds is 6. The number of aldehydes is 1. The van der Waals surface area contributed by atoms with E-state index in [0.29, 0.717) is 28.8 Å². The Morgan fingerprint density at radius 3 is 2.41 bits per heavy atom.